The van der Waals surface area contributed by atoms with Gasteiger partial charge in [-0.3, -0.25) is 0 Å². The molecule has 16 radical (unpaired) electrons. The van der Waals surface area contributed by atoms with Crippen molar-refractivity contribution in [2.45, 2.75) is 0 Å². The van der Waals surface area contributed by atoms with E-state index in [4.69, 9.17) is 0 Å². The summed E-state index contributed by atoms with van der Waals surface area (Å²) >= 11 is 0. The van der Waals surface area contributed by atoms with Crippen LogP contribution in [-0.4, -0.2) is 33.7 Å². The van der Waals surface area contributed by atoms with Gasteiger partial charge in [-0.05, 0) is 0 Å². The second-order valence-corrected chi connectivity index (χ2v) is 0. The molecule has 0 bridgehead atoms. The Bertz CT molecular complexity index is 3.61. The zero-order valence-corrected chi connectivity index (χ0v) is 5.27. The molecule has 5 heavy (non-hydrogen) atoms. The predicted molar refractivity (Wildman–Crippen MR) is 23.0 cm³/mol. The maximum Gasteiger partial charge on any atom is 4.00 e. The van der Waals surface area contributed by atoms with Crippen LogP contribution in [0.25, 0.3) is 0 Å². The van der Waals surface area contributed by atoms with Gasteiger partial charge in [0.05, 0.1) is 0 Å². The first-order chi connectivity index (χ1) is 0. The van der Waals surface area contributed by atoms with Crippen LogP contribution in [0.4, 0.5) is 0 Å². The second-order valence-electron chi connectivity index (χ2n) is 0. The molecule has 0 nitrogen and oxygen atoms in total. The number of rotatable bonds is 0. The molecule has 0 heterocycles. The van der Waals surface area contributed by atoms with E-state index in [1.807, 2.05) is 0 Å². The Labute approximate surface area is 59.9 Å². The Balaban J connectivity index is 0. The van der Waals surface area contributed by atoms with Gasteiger partial charge < -0.3 is 33.7 Å². The van der Waals surface area contributed by atoms with E-state index >= 15 is 0 Å². The van der Waals surface area contributed by atoms with Gasteiger partial charge >= 0.3 is 26.2 Å². The van der Waals surface area contributed by atoms with Crippen LogP contribution in [0.5, 0.6) is 0 Å². The number of hydrogen-bond acceptors (Lipinski definition) is 0. The molecule has 0 rings (SSSR count). The average Bonchev–Trinajstić information content (AvgIpc) is 0. The summed E-state index contributed by atoms with van der Waals surface area (Å²) in [4.78, 5) is 0. The van der Waals surface area contributed by atoms with Crippen molar-refractivity contribution in [1.29, 1.82) is 0 Å². The summed E-state index contributed by atoms with van der Waals surface area (Å²) in [5.74, 6) is 0. The molecule has 0 aromatic rings. The summed E-state index contributed by atoms with van der Waals surface area (Å²) in [5, 5.41) is 0. The van der Waals surface area contributed by atoms with E-state index in [-0.39, 0.29) is 59.9 Å². The van der Waals surface area contributed by atoms with Crippen LogP contribution < -0.4 is 0 Å². The normalized spacial score (nSPS) is 0. The van der Waals surface area contributed by atoms with Gasteiger partial charge in [0.15, 0.2) is 0 Å². The Morgan fingerprint density at radius 3 is 0.400 bits per heavy atom. The third kappa shape index (κ3) is 38.9. The second kappa shape index (κ2) is 67.6. The molecule has 0 aromatic carbocycles. The Morgan fingerprint density at radius 2 is 0.400 bits per heavy atom. The first kappa shape index (κ1) is 124. The van der Waals surface area contributed by atoms with Crippen molar-refractivity contribution < 1.29 is 26.2 Å². The van der Waals surface area contributed by atoms with E-state index in [0.717, 1.165) is 0 Å². The van der Waals surface area contributed by atoms with Gasteiger partial charge in [0, 0.05) is 0 Å². The van der Waals surface area contributed by atoms with Crippen molar-refractivity contribution in [3.8, 4) is 0 Å². The van der Waals surface area contributed by atoms with E-state index in [2.05, 4.69) is 0 Å². The SMILES string of the molecule is [B-].[B-].[B-].[B-].[Zr+4]. The molecule has 0 fully saturated rings. The third-order valence-electron chi connectivity index (χ3n) is 0. The van der Waals surface area contributed by atoms with Crippen LogP contribution >= 0.6 is 0 Å². The van der Waals surface area contributed by atoms with E-state index in [0.29, 0.717) is 0 Å². The molecule has 0 N–H and O–H groups in total. The maximum atomic E-state index is 0. The quantitative estimate of drug-likeness (QED) is 0.353. The molecule has 0 aliphatic heterocycles. The fourth-order valence-corrected chi connectivity index (χ4v) is 0. The van der Waals surface area contributed by atoms with Crippen LogP contribution in [0.3, 0.4) is 0 Å². The molecule has 0 aliphatic carbocycles. The van der Waals surface area contributed by atoms with Crippen molar-refractivity contribution >= 4 is 33.7 Å². The first-order valence-corrected chi connectivity index (χ1v) is 0. The van der Waals surface area contributed by atoms with E-state index in [1.54, 1.807) is 0 Å². The maximum absolute atomic E-state index is 0. The topological polar surface area (TPSA) is 0 Å². The summed E-state index contributed by atoms with van der Waals surface area (Å²) in [6.45, 7) is 0. The minimum absolute atomic E-state index is 0. The minimum Gasteiger partial charge on any atom is -1.00 e. The molecule has 0 saturated carbocycles. The van der Waals surface area contributed by atoms with Gasteiger partial charge in [-0.2, -0.15) is 0 Å². The van der Waals surface area contributed by atoms with E-state index in [9.17, 15) is 0 Å². The smallest absolute Gasteiger partial charge is 1.00 e. The first-order valence-electron chi connectivity index (χ1n) is 0. The van der Waals surface area contributed by atoms with Crippen molar-refractivity contribution in [1.82, 2.24) is 0 Å². The van der Waals surface area contributed by atoms with Crippen LogP contribution in [0, 0.1) is 0 Å². The van der Waals surface area contributed by atoms with Gasteiger partial charge in [0.1, 0.15) is 0 Å². The van der Waals surface area contributed by atoms with Crippen LogP contribution in [0.2, 0.25) is 0 Å². The standard InChI is InChI=1S/4B.Zr/q4*-1;+4. The summed E-state index contributed by atoms with van der Waals surface area (Å²) < 4.78 is 0. The zero-order chi connectivity index (χ0) is 0. The average molecular weight is 134 g/mol. The van der Waals surface area contributed by atoms with E-state index in [1.165, 1.54) is 0 Å². The van der Waals surface area contributed by atoms with Gasteiger partial charge in [0.25, 0.3) is 0 Å². The molecule has 0 atom stereocenters. The van der Waals surface area contributed by atoms with Crippen molar-refractivity contribution in [3.05, 3.63) is 0 Å². The van der Waals surface area contributed by atoms with Gasteiger partial charge in [-0.1, -0.05) is 0 Å². The van der Waals surface area contributed by atoms with Crippen LogP contribution in [0.1, 0.15) is 0 Å². The van der Waals surface area contributed by atoms with Gasteiger partial charge in [-0.15, -0.1) is 0 Å². The van der Waals surface area contributed by atoms with Crippen molar-refractivity contribution in [2.24, 2.45) is 0 Å². The summed E-state index contributed by atoms with van der Waals surface area (Å²) in [5.41, 5.74) is 0. The Hall–Kier alpha value is 1.14. The van der Waals surface area contributed by atoms with Gasteiger partial charge in [-0.25, -0.2) is 0 Å². The van der Waals surface area contributed by atoms with Crippen molar-refractivity contribution in [3.63, 3.8) is 0 Å². The molecule has 5 heteroatoms. The van der Waals surface area contributed by atoms with Crippen LogP contribution in [0.15, 0.2) is 0 Å². The molecule has 0 saturated heterocycles. The van der Waals surface area contributed by atoms with Gasteiger partial charge in [0.2, 0.25) is 0 Å². The molecule has 0 aromatic heterocycles. The molecule has 0 unspecified atom stereocenters. The monoisotopic (exact) mass is 134 g/mol. The number of hydrogen-bond donors (Lipinski definition) is 0. The summed E-state index contributed by atoms with van der Waals surface area (Å²) in [6.07, 6.45) is 0. The van der Waals surface area contributed by atoms with Crippen LogP contribution in [-0.2, 0) is 26.2 Å². The molecule has 0 amide bonds. The molecule has 0 spiro atoms. The fraction of sp³-hybridized carbons (Fsp3) is 0. The largest absolute Gasteiger partial charge is 4.00 e. The third-order valence-corrected chi connectivity index (χ3v) is 0. The Morgan fingerprint density at radius 1 is 0.400 bits per heavy atom. The van der Waals surface area contributed by atoms with Crippen molar-refractivity contribution in [2.75, 3.05) is 0 Å². The summed E-state index contributed by atoms with van der Waals surface area (Å²) in [7, 11) is 0. The van der Waals surface area contributed by atoms with E-state index < -0.39 is 0 Å². The molecular weight excluding hydrogens is 134 g/mol. The molecular formula is B4Zr. The zero-order valence-electron chi connectivity index (χ0n) is 2.81. The minimum atomic E-state index is 0. The predicted octanol–water partition coefficient (Wildman–Crippen LogP) is -1.53. The summed E-state index contributed by atoms with van der Waals surface area (Å²) in [6, 6.07) is 0. The Kier molecular flexibility index (Phi) is 1680. The molecule has 16 valence electrons. The fourth-order valence-electron chi connectivity index (χ4n) is 0. The molecule has 0 aliphatic rings.